The number of rotatable bonds is 7. The first-order chi connectivity index (χ1) is 8.13. The molecule has 0 spiro atoms. The average molecular weight is 239 g/mol. The summed E-state index contributed by atoms with van der Waals surface area (Å²) in [5.74, 6) is 1.76. The highest BCUT2D eigenvalue weighted by Gasteiger charge is 2.12. The molecule has 0 saturated carbocycles. The van der Waals surface area contributed by atoms with Crippen molar-refractivity contribution >= 4 is 5.82 Å². The van der Waals surface area contributed by atoms with E-state index in [1.54, 1.807) is 0 Å². The number of nitrogens with zero attached hydrogens (tertiary/aromatic N) is 2. The van der Waals surface area contributed by atoms with Crippen molar-refractivity contribution in [3.8, 4) is 0 Å². The topological polar surface area (TPSA) is 50.1 Å². The van der Waals surface area contributed by atoms with Crippen molar-refractivity contribution in [1.29, 1.82) is 0 Å². The first kappa shape index (κ1) is 14.0. The number of hydrogen-bond donors (Lipinski definition) is 2. The van der Waals surface area contributed by atoms with Gasteiger partial charge in [-0.3, -0.25) is 0 Å². The van der Waals surface area contributed by atoms with Crippen molar-refractivity contribution in [2.45, 2.75) is 47.1 Å². The Bertz CT molecular complexity index is 343. The van der Waals surface area contributed by atoms with E-state index in [-0.39, 0.29) is 6.61 Å². The second-order valence-corrected chi connectivity index (χ2v) is 4.57. The minimum Gasteiger partial charge on any atom is -0.394 e. The highest BCUT2D eigenvalue weighted by molar-refractivity contribution is 5.46. The maximum absolute atomic E-state index is 9.03. The third-order valence-corrected chi connectivity index (χ3v) is 3.45. The van der Waals surface area contributed by atoms with Gasteiger partial charge in [0, 0.05) is 12.1 Å². The number of aliphatic hydroxyl groups excluding tert-OH is 1. The zero-order chi connectivity index (χ0) is 12.8. The predicted octanol–water partition coefficient (Wildman–Crippen LogP) is 2.34. The molecule has 1 aromatic heterocycles. The molecule has 17 heavy (non-hydrogen) atoms. The van der Waals surface area contributed by atoms with Gasteiger partial charge < -0.3 is 10.4 Å². The van der Waals surface area contributed by atoms with Crippen LogP contribution in [-0.2, 0) is 6.54 Å². The van der Waals surface area contributed by atoms with Crippen molar-refractivity contribution in [3.05, 3.63) is 11.3 Å². The Balaban J connectivity index is 2.74. The molecule has 0 unspecified atom stereocenters. The fourth-order valence-electron chi connectivity index (χ4n) is 1.97. The van der Waals surface area contributed by atoms with Gasteiger partial charge in [0.15, 0.2) is 0 Å². The van der Waals surface area contributed by atoms with Crippen LogP contribution in [-0.4, -0.2) is 28.0 Å². The fraction of sp³-hybridized carbons (Fsp3) is 0.769. The van der Waals surface area contributed by atoms with Crippen LogP contribution in [0.2, 0.25) is 0 Å². The van der Waals surface area contributed by atoms with Crippen molar-refractivity contribution in [2.24, 2.45) is 5.92 Å². The van der Waals surface area contributed by atoms with Crippen molar-refractivity contribution in [1.82, 2.24) is 9.78 Å². The summed E-state index contributed by atoms with van der Waals surface area (Å²) in [7, 11) is 0. The summed E-state index contributed by atoms with van der Waals surface area (Å²) in [6.45, 7) is 10.2. The highest BCUT2D eigenvalue weighted by atomic mass is 16.3. The molecule has 0 radical (unpaired) electrons. The standard InChI is InChI=1S/C13H25N3O/c1-5-12(6-2)9-14-13-10(3)11(4)15-16(13)7-8-17/h12,14,17H,5-9H2,1-4H3. The minimum atomic E-state index is 0.125. The Hall–Kier alpha value is -1.03. The van der Waals surface area contributed by atoms with E-state index >= 15 is 0 Å². The Labute approximate surface area is 104 Å². The molecule has 1 aromatic rings. The second kappa shape index (κ2) is 6.64. The summed E-state index contributed by atoms with van der Waals surface area (Å²) in [6.07, 6.45) is 2.38. The summed E-state index contributed by atoms with van der Waals surface area (Å²) in [5, 5.41) is 16.9. The molecular formula is C13H25N3O. The Kier molecular flexibility index (Phi) is 5.48. The van der Waals surface area contributed by atoms with Gasteiger partial charge in [0.25, 0.3) is 0 Å². The zero-order valence-corrected chi connectivity index (χ0v) is 11.5. The predicted molar refractivity (Wildman–Crippen MR) is 71.3 cm³/mol. The van der Waals surface area contributed by atoms with Crippen LogP contribution in [0.1, 0.15) is 37.9 Å². The van der Waals surface area contributed by atoms with Crippen LogP contribution < -0.4 is 5.32 Å². The molecule has 4 nitrogen and oxygen atoms in total. The van der Waals surface area contributed by atoms with E-state index in [1.807, 2.05) is 11.6 Å². The van der Waals surface area contributed by atoms with Crippen LogP contribution >= 0.6 is 0 Å². The molecule has 2 N–H and O–H groups in total. The van der Waals surface area contributed by atoms with Crippen LogP contribution in [0.3, 0.4) is 0 Å². The first-order valence-corrected chi connectivity index (χ1v) is 6.52. The van der Waals surface area contributed by atoms with Crippen LogP contribution in [0.25, 0.3) is 0 Å². The number of aromatic nitrogens is 2. The summed E-state index contributed by atoms with van der Waals surface area (Å²) in [4.78, 5) is 0. The lowest BCUT2D eigenvalue weighted by atomic mass is 10.0. The molecule has 0 aliphatic rings. The molecule has 0 aliphatic heterocycles. The summed E-state index contributed by atoms with van der Waals surface area (Å²) in [6, 6.07) is 0. The lowest BCUT2D eigenvalue weighted by molar-refractivity contribution is 0.270. The van der Waals surface area contributed by atoms with Crippen LogP contribution in [0.5, 0.6) is 0 Å². The van der Waals surface area contributed by atoms with Crippen molar-refractivity contribution in [3.63, 3.8) is 0 Å². The fourth-order valence-corrected chi connectivity index (χ4v) is 1.97. The quantitative estimate of drug-likeness (QED) is 0.768. The first-order valence-electron chi connectivity index (χ1n) is 6.52. The summed E-state index contributed by atoms with van der Waals surface area (Å²) in [5.41, 5.74) is 2.22. The van der Waals surface area contributed by atoms with Gasteiger partial charge in [0.2, 0.25) is 0 Å². The van der Waals surface area contributed by atoms with Gasteiger partial charge in [-0.25, -0.2) is 4.68 Å². The van der Waals surface area contributed by atoms with Gasteiger partial charge in [-0.05, 0) is 19.8 Å². The molecule has 0 aliphatic carbocycles. The lowest BCUT2D eigenvalue weighted by Gasteiger charge is -2.15. The smallest absolute Gasteiger partial charge is 0.127 e. The van der Waals surface area contributed by atoms with Crippen molar-refractivity contribution in [2.75, 3.05) is 18.5 Å². The van der Waals surface area contributed by atoms with Gasteiger partial charge in [-0.1, -0.05) is 26.7 Å². The van der Waals surface area contributed by atoms with E-state index < -0.39 is 0 Å². The summed E-state index contributed by atoms with van der Waals surface area (Å²) >= 11 is 0. The third kappa shape index (κ3) is 3.46. The zero-order valence-electron chi connectivity index (χ0n) is 11.5. The summed E-state index contributed by atoms with van der Waals surface area (Å²) < 4.78 is 1.87. The number of nitrogens with one attached hydrogen (secondary N) is 1. The minimum absolute atomic E-state index is 0.125. The van der Waals surface area contributed by atoms with Crippen LogP contribution in [0.15, 0.2) is 0 Å². The van der Waals surface area contributed by atoms with Gasteiger partial charge >= 0.3 is 0 Å². The Morgan fingerprint density at radius 1 is 1.29 bits per heavy atom. The maximum atomic E-state index is 9.03. The number of anilines is 1. The van der Waals surface area contributed by atoms with Gasteiger partial charge in [-0.2, -0.15) is 5.10 Å². The molecular weight excluding hydrogens is 214 g/mol. The van der Waals surface area contributed by atoms with E-state index in [9.17, 15) is 0 Å². The average Bonchev–Trinajstić information content (AvgIpc) is 2.58. The largest absolute Gasteiger partial charge is 0.394 e. The molecule has 0 fully saturated rings. The van der Waals surface area contributed by atoms with Crippen LogP contribution in [0.4, 0.5) is 5.82 Å². The number of aliphatic hydroxyl groups is 1. The van der Waals surface area contributed by atoms with E-state index in [2.05, 4.69) is 31.2 Å². The molecule has 0 saturated heterocycles. The van der Waals surface area contributed by atoms with Crippen molar-refractivity contribution < 1.29 is 5.11 Å². The lowest BCUT2D eigenvalue weighted by Crippen LogP contribution is -2.17. The van der Waals surface area contributed by atoms with E-state index in [0.29, 0.717) is 12.5 Å². The highest BCUT2D eigenvalue weighted by Crippen LogP contribution is 2.19. The monoisotopic (exact) mass is 239 g/mol. The molecule has 98 valence electrons. The van der Waals surface area contributed by atoms with Gasteiger partial charge in [0.05, 0.1) is 18.8 Å². The van der Waals surface area contributed by atoms with Crippen LogP contribution in [0, 0.1) is 19.8 Å². The SMILES string of the molecule is CCC(CC)CNc1c(C)c(C)nn1CCO. The molecule has 0 atom stereocenters. The molecule has 0 aromatic carbocycles. The van der Waals surface area contributed by atoms with E-state index in [1.165, 1.54) is 18.4 Å². The Morgan fingerprint density at radius 3 is 2.47 bits per heavy atom. The van der Waals surface area contributed by atoms with Gasteiger partial charge in [0.1, 0.15) is 5.82 Å². The molecule has 0 amide bonds. The number of hydrogen-bond acceptors (Lipinski definition) is 3. The molecule has 1 heterocycles. The third-order valence-electron chi connectivity index (χ3n) is 3.45. The molecule has 4 heteroatoms. The molecule has 0 bridgehead atoms. The van der Waals surface area contributed by atoms with E-state index in [0.717, 1.165) is 18.1 Å². The number of aryl methyl sites for hydroxylation is 1. The van der Waals surface area contributed by atoms with Gasteiger partial charge in [-0.15, -0.1) is 0 Å². The second-order valence-electron chi connectivity index (χ2n) is 4.57. The van der Waals surface area contributed by atoms with E-state index in [4.69, 9.17) is 5.11 Å². The molecule has 1 rings (SSSR count). The Morgan fingerprint density at radius 2 is 1.94 bits per heavy atom. The normalized spacial score (nSPS) is 11.2. The maximum Gasteiger partial charge on any atom is 0.127 e.